The molecular formula is C34H59NO4. The molecule has 9 atom stereocenters. The van der Waals surface area contributed by atoms with E-state index in [0.29, 0.717) is 34.0 Å². The minimum absolute atomic E-state index is 0.332. The Hall–Kier alpha value is -1.26. The molecule has 0 radical (unpaired) electrons. The quantitative estimate of drug-likeness (QED) is 0.139. The molecule has 4 aliphatic carbocycles. The predicted molar refractivity (Wildman–Crippen MR) is 158 cm³/mol. The maximum absolute atomic E-state index is 13.1. The Labute approximate surface area is 239 Å². The highest BCUT2D eigenvalue weighted by Crippen LogP contribution is 2.68. The van der Waals surface area contributed by atoms with Gasteiger partial charge >= 0.3 is 5.97 Å². The van der Waals surface area contributed by atoms with Gasteiger partial charge in [0.1, 0.15) is 11.5 Å². The van der Waals surface area contributed by atoms with Crippen molar-refractivity contribution in [1.82, 2.24) is 0 Å². The molecule has 8 unspecified atom stereocenters. The van der Waals surface area contributed by atoms with E-state index in [1.807, 2.05) is 41.5 Å². The summed E-state index contributed by atoms with van der Waals surface area (Å²) in [7, 11) is 0. The van der Waals surface area contributed by atoms with Crippen molar-refractivity contribution < 1.29 is 19.3 Å². The number of carbonyl (C=O) groups is 1. The maximum Gasteiger partial charge on any atom is 0.319 e. The number of fused-ring (bicyclic) bond motifs is 5. The first-order valence-electron chi connectivity index (χ1n) is 16.3. The summed E-state index contributed by atoms with van der Waals surface area (Å²) in [4.78, 5) is 19.0. The Morgan fingerprint density at radius 2 is 1.59 bits per heavy atom. The van der Waals surface area contributed by atoms with Gasteiger partial charge in [-0.2, -0.15) is 0 Å². The molecule has 0 aromatic rings. The Kier molecular flexibility index (Phi) is 8.81. The fourth-order valence-corrected chi connectivity index (χ4v) is 9.99. The van der Waals surface area contributed by atoms with Crippen molar-refractivity contribution in [2.75, 3.05) is 0 Å². The van der Waals surface area contributed by atoms with Gasteiger partial charge in [-0.3, -0.25) is 10.0 Å². The second kappa shape index (κ2) is 11.2. The fourth-order valence-electron chi connectivity index (χ4n) is 9.99. The molecule has 0 saturated heterocycles. The van der Waals surface area contributed by atoms with Crippen LogP contribution in [-0.2, 0) is 14.4 Å². The Morgan fingerprint density at radius 3 is 2.26 bits per heavy atom. The largest absolute Gasteiger partial charge is 0.459 e. The Bertz CT molecular complexity index is 900. The van der Waals surface area contributed by atoms with E-state index in [2.05, 4.69) is 20.8 Å². The van der Waals surface area contributed by atoms with E-state index < -0.39 is 17.1 Å². The summed E-state index contributed by atoms with van der Waals surface area (Å²) in [5.41, 5.74) is -0.220. The van der Waals surface area contributed by atoms with Crippen LogP contribution in [-0.4, -0.2) is 28.3 Å². The van der Waals surface area contributed by atoms with E-state index in [0.717, 1.165) is 30.1 Å². The molecule has 0 amide bonds. The normalized spacial score (nSPS) is 38.7. The third kappa shape index (κ3) is 6.64. The van der Waals surface area contributed by atoms with E-state index in [-0.39, 0.29) is 5.97 Å². The molecule has 224 valence electrons. The van der Waals surface area contributed by atoms with Crippen molar-refractivity contribution in [2.24, 2.45) is 52.3 Å². The number of nitrogens with zero attached hydrogens (tertiary/aromatic N) is 1. The van der Waals surface area contributed by atoms with Gasteiger partial charge in [0.15, 0.2) is 0 Å². The molecule has 4 rings (SSSR count). The van der Waals surface area contributed by atoms with Crippen molar-refractivity contribution in [2.45, 2.75) is 151 Å². The van der Waals surface area contributed by atoms with E-state index in [9.17, 15) is 10.0 Å². The van der Waals surface area contributed by atoms with Crippen LogP contribution in [0.25, 0.3) is 0 Å². The van der Waals surface area contributed by atoms with Crippen LogP contribution in [0, 0.1) is 57.5 Å². The van der Waals surface area contributed by atoms with Crippen LogP contribution in [0.15, 0.2) is 0 Å². The van der Waals surface area contributed by atoms with Gasteiger partial charge in [-0.1, -0.05) is 33.6 Å². The number of hydrogen-bond donors (Lipinski definition) is 0. The molecule has 4 aliphatic rings. The highest BCUT2D eigenvalue weighted by atomic mass is 16.9. The van der Waals surface area contributed by atoms with Gasteiger partial charge in [-0.05, 0) is 152 Å². The van der Waals surface area contributed by atoms with E-state index >= 15 is 0 Å². The molecule has 0 aromatic carbocycles. The van der Waals surface area contributed by atoms with Crippen molar-refractivity contribution in [3.05, 3.63) is 5.21 Å². The lowest BCUT2D eigenvalue weighted by Crippen LogP contribution is -2.53. The lowest BCUT2D eigenvalue weighted by molar-refractivity contribution is -0.760. The zero-order valence-electron chi connectivity index (χ0n) is 26.7. The monoisotopic (exact) mass is 545 g/mol. The molecule has 0 heterocycles. The summed E-state index contributed by atoms with van der Waals surface area (Å²) in [5.74, 6) is 3.93. The SMILES string of the molecule is C[C@@H](CCC(/C=[N+](\[O-])OC(C)(C)C)C(=O)OC(C)(C)C)C1CCC2C3CCC4CCCCC4(C)C3CCC21C. The molecule has 5 nitrogen and oxygen atoms in total. The summed E-state index contributed by atoms with van der Waals surface area (Å²) in [5, 5.41) is 12.6. The summed E-state index contributed by atoms with van der Waals surface area (Å²) in [6.07, 6.45) is 17.1. The average Bonchev–Trinajstić information content (AvgIpc) is 3.16. The van der Waals surface area contributed by atoms with Crippen LogP contribution in [0.3, 0.4) is 0 Å². The smallest absolute Gasteiger partial charge is 0.319 e. The first-order chi connectivity index (χ1) is 18.0. The molecule has 4 saturated carbocycles. The highest BCUT2D eigenvalue weighted by molar-refractivity contribution is 5.88. The first kappa shape index (κ1) is 30.7. The molecule has 0 spiro atoms. The topological polar surface area (TPSA) is 61.6 Å². The highest BCUT2D eigenvalue weighted by Gasteiger charge is 2.60. The molecule has 0 bridgehead atoms. The summed E-state index contributed by atoms with van der Waals surface area (Å²) in [6, 6.07) is 0. The Balaban J connectivity index is 1.44. The van der Waals surface area contributed by atoms with Gasteiger partial charge < -0.3 is 9.57 Å². The number of esters is 1. The number of hydrogen-bond acceptors (Lipinski definition) is 4. The third-order valence-corrected chi connectivity index (χ3v) is 11.7. The molecular weight excluding hydrogens is 486 g/mol. The second-order valence-corrected chi connectivity index (χ2v) is 16.5. The number of carbonyl (C=O) groups excluding carboxylic acids is 1. The summed E-state index contributed by atoms with van der Waals surface area (Å²) >= 11 is 0. The molecule has 0 aromatic heterocycles. The van der Waals surface area contributed by atoms with Gasteiger partial charge in [-0.15, -0.1) is 0 Å². The van der Waals surface area contributed by atoms with Gasteiger partial charge in [0.05, 0.1) is 5.60 Å². The van der Waals surface area contributed by atoms with Crippen molar-refractivity contribution in [1.29, 1.82) is 0 Å². The fraction of sp³-hybridized carbons (Fsp3) is 0.941. The third-order valence-electron chi connectivity index (χ3n) is 11.7. The van der Waals surface area contributed by atoms with Gasteiger partial charge in [-0.25, -0.2) is 0 Å². The Morgan fingerprint density at radius 1 is 0.897 bits per heavy atom. The second-order valence-electron chi connectivity index (χ2n) is 16.5. The van der Waals surface area contributed by atoms with Crippen LogP contribution < -0.4 is 0 Å². The lowest BCUT2D eigenvalue weighted by atomic mass is 9.44. The predicted octanol–water partition coefficient (Wildman–Crippen LogP) is 8.72. The van der Waals surface area contributed by atoms with E-state index in [1.54, 1.807) is 0 Å². The van der Waals surface area contributed by atoms with E-state index in [4.69, 9.17) is 9.57 Å². The van der Waals surface area contributed by atoms with Crippen LogP contribution in [0.4, 0.5) is 0 Å². The molecule has 39 heavy (non-hydrogen) atoms. The maximum atomic E-state index is 13.1. The van der Waals surface area contributed by atoms with Crippen LogP contribution >= 0.6 is 0 Å². The zero-order chi connectivity index (χ0) is 28.8. The summed E-state index contributed by atoms with van der Waals surface area (Å²) in [6.45, 7) is 18.8. The standard InChI is InChI=1S/C34H59NO4/c1-23(13-14-24(30(36)38-31(2,3)4)22-35(37)39-32(5,6)7)27-17-18-28-26-16-15-25-12-10-11-20-33(25,8)29(26)19-21-34(27,28)9/h22-29H,10-21H2,1-9H3/b35-22+/t23-,24?,25?,26?,27?,28?,29?,33?,34?/m0/s1. The van der Waals surface area contributed by atoms with Gasteiger partial charge in [0.25, 0.3) is 0 Å². The average molecular weight is 546 g/mol. The van der Waals surface area contributed by atoms with Crippen molar-refractivity contribution in [3.63, 3.8) is 0 Å². The minimum Gasteiger partial charge on any atom is -0.459 e. The van der Waals surface area contributed by atoms with Gasteiger partial charge in [0, 0.05) is 4.90 Å². The molecule has 0 N–H and O–H groups in total. The van der Waals surface area contributed by atoms with Crippen molar-refractivity contribution >= 4 is 12.2 Å². The van der Waals surface area contributed by atoms with Crippen LogP contribution in [0.1, 0.15) is 139 Å². The molecule has 4 fully saturated rings. The number of ether oxygens (including phenoxy) is 1. The van der Waals surface area contributed by atoms with Crippen molar-refractivity contribution in [3.8, 4) is 0 Å². The summed E-state index contributed by atoms with van der Waals surface area (Å²) < 4.78 is 5.71. The zero-order valence-corrected chi connectivity index (χ0v) is 26.7. The molecule has 0 aliphatic heterocycles. The van der Waals surface area contributed by atoms with Crippen LogP contribution in [0.2, 0.25) is 0 Å². The van der Waals surface area contributed by atoms with E-state index in [1.165, 1.54) is 70.4 Å². The van der Waals surface area contributed by atoms with Gasteiger partial charge in [0.2, 0.25) is 6.21 Å². The van der Waals surface area contributed by atoms with Crippen LogP contribution in [0.5, 0.6) is 0 Å². The first-order valence-corrected chi connectivity index (χ1v) is 16.3. The lowest BCUT2D eigenvalue weighted by Gasteiger charge is -2.61. The number of rotatable bonds is 7. The minimum atomic E-state index is -0.621. The molecule has 5 heteroatoms.